The lowest BCUT2D eigenvalue weighted by molar-refractivity contribution is -0.134. The summed E-state index contributed by atoms with van der Waals surface area (Å²) in [7, 11) is -3.21. The summed E-state index contributed by atoms with van der Waals surface area (Å²) in [6.45, 7) is 3.29. The number of ketones is 1. The van der Waals surface area contributed by atoms with E-state index >= 15 is 0 Å². The van der Waals surface area contributed by atoms with E-state index in [-0.39, 0.29) is 32.2 Å². The molecule has 0 radical (unpaired) electrons. The average Bonchev–Trinajstić information content (AvgIpc) is 2.74. The largest absolute Gasteiger partial charge is 0.496 e. The Morgan fingerprint density at radius 2 is 1.76 bits per heavy atom. The number of carboxylic acids is 1. The lowest BCUT2D eigenvalue weighted by Gasteiger charge is -2.25. The molecule has 1 aromatic carbocycles. The highest BCUT2D eigenvalue weighted by Gasteiger charge is 2.52. The quantitative estimate of drug-likeness (QED) is 0.117. The zero-order valence-corrected chi connectivity index (χ0v) is 19.9. The Hall–Kier alpha value is -2.33. The van der Waals surface area contributed by atoms with Crippen LogP contribution in [0, 0.1) is 0 Å². The van der Waals surface area contributed by atoms with Crippen LogP contribution < -0.4 is 9.47 Å². The molecule has 0 aliphatic carbocycles. The van der Waals surface area contributed by atoms with Gasteiger partial charge in [-0.3, -0.25) is 9.36 Å². The molecule has 0 amide bonds. The second kappa shape index (κ2) is 13.4. The fraction of sp³-hybridized carbons (Fsp3) is 0.524. The third kappa shape index (κ3) is 8.51. The molecule has 0 aliphatic rings. The van der Waals surface area contributed by atoms with Gasteiger partial charge in [0, 0.05) is 18.1 Å². The molecule has 0 bridgehead atoms. The van der Waals surface area contributed by atoms with E-state index < -0.39 is 43.6 Å². The Morgan fingerprint density at radius 1 is 1.12 bits per heavy atom. The van der Waals surface area contributed by atoms with Crippen LogP contribution in [0.25, 0.3) is 6.08 Å². The summed E-state index contributed by atoms with van der Waals surface area (Å²) < 4.78 is 65.9. The summed E-state index contributed by atoms with van der Waals surface area (Å²) in [6, 6.07) is 4.53. The number of carbonyl (C=O) groups excluding carboxylic acids is 1. The number of ether oxygens (including phenoxy) is 3. The fourth-order valence-electron chi connectivity index (χ4n) is 2.59. The summed E-state index contributed by atoms with van der Waals surface area (Å²) >= 11 is 0. The molecule has 0 saturated carbocycles. The number of halogens is 2. The van der Waals surface area contributed by atoms with Crippen molar-refractivity contribution in [1.29, 1.82) is 0 Å². The zero-order chi connectivity index (χ0) is 25.1. The van der Waals surface area contributed by atoms with Gasteiger partial charge in [0.1, 0.15) is 23.7 Å². The minimum absolute atomic E-state index is 0.0202. The summed E-state index contributed by atoms with van der Waals surface area (Å²) in [5.74, 6) is -1.33. The Bertz CT molecular complexity index is 860. The first kappa shape index (κ1) is 28.7. The zero-order valence-electron chi connectivity index (χ0n) is 19.0. The van der Waals surface area contributed by atoms with Gasteiger partial charge < -0.3 is 28.4 Å². The van der Waals surface area contributed by atoms with Crippen LogP contribution in [0.2, 0.25) is 0 Å². The number of rotatable bonds is 16. The Balaban J connectivity index is 2.63. The van der Waals surface area contributed by atoms with Crippen LogP contribution in [-0.2, 0) is 27.9 Å². The number of methoxy groups -OCH3 is 1. The van der Waals surface area contributed by atoms with Gasteiger partial charge in [0.05, 0.1) is 33.5 Å². The molecular weight excluding hydrogens is 465 g/mol. The summed E-state index contributed by atoms with van der Waals surface area (Å²) in [6.07, 6.45) is 0.348. The van der Waals surface area contributed by atoms with E-state index in [1.807, 2.05) is 0 Å². The third-order valence-electron chi connectivity index (χ3n) is 4.16. The Morgan fingerprint density at radius 3 is 2.27 bits per heavy atom. The topological polar surface area (TPSA) is 118 Å². The minimum atomic E-state index is -4.58. The maximum atomic E-state index is 14.2. The lowest BCUT2D eigenvalue weighted by Crippen LogP contribution is -2.23. The van der Waals surface area contributed by atoms with Crippen LogP contribution in [-0.4, -0.2) is 62.7 Å². The monoisotopic (exact) mass is 494 g/mol. The number of carboxylic acid groups (broad SMARTS) is 1. The highest BCUT2D eigenvalue weighted by molar-refractivity contribution is 7.55. The van der Waals surface area contributed by atoms with E-state index in [9.17, 15) is 22.9 Å². The number of hydrogen-bond acceptors (Lipinski definition) is 8. The van der Waals surface area contributed by atoms with Crippen LogP contribution in [0.15, 0.2) is 23.8 Å². The SMILES string of the molecule is CCOP(=O)(OCC)C(F)(F)CCOCCOc1ccc(C=C(C(C)=O)C(=O)O)c(OC)c1. The van der Waals surface area contributed by atoms with Gasteiger partial charge in [-0.1, -0.05) is 0 Å². The first-order chi connectivity index (χ1) is 15.5. The second-order valence-corrected chi connectivity index (χ2v) is 8.70. The van der Waals surface area contributed by atoms with Crippen molar-refractivity contribution in [2.45, 2.75) is 32.9 Å². The molecule has 33 heavy (non-hydrogen) atoms. The summed E-state index contributed by atoms with van der Waals surface area (Å²) in [5.41, 5.74) is -3.72. The van der Waals surface area contributed by atoms with Crippen molar-refractivity contribution in [2.75, 3.05) is 40.1 Å². The van der Waals surface area contributed by atoms with Crippen LogP contribution >= 0.6 is 7.60 Å². The minimum Gasteiger partial charge on any atom is -0.496 e. The van der Waals surface area contributed by atoms with Gasteiger partial charge in [0.25, 0.3) is 0 Å². The molecule has 0 fully saturated rings. The van der Waals surface area contributed by atoms with Gasteiger partial charge in [0.2, 0.25) is 0 Å². The number of carbonyl (C=O) groups is 2. The highest BCUT2D eigenvalue weighted by atomic mass is 31.2. The summed E-state index contributed by atoms with van der Waals surface area (Å²) in [5, 5.41) is 9.11. The predicted octanol–water partition coefficient (Wildman–Crippen LogP) is 4.40. The van der Waals surface area contributed by atoms with Crippen LogP contribution in [0.1, 0.15) is 32.8 Å². The maximum Gasteiger partial charge on any atom is 0.399 e. The number of hydrogen-bond donors (Lipinski definition) is 1. The number of aliphatic carboxylic acids is 1. The molecule has 0 saturated heterocycles. The molecule has 1 aromatic rings. The normalized spacial score (nSPS) is 12.5. The molecule has 0 aliphatic heterocycles. The molecule has 0 atom stereocenters. The van der Waals surface area contributed by atoms with Crippen molar-refractivity contribution in [1.82, 2.24) is 0 Å². The van der Waals surface area contributed by atoms with E-state index in [0.29, 0.717) is 11.3 Å². The molecule has 0 unspecified atom stereocenters. The van der Waals surface area contributed by atoms with Crippen molar-refractivity contribution < 1.29 is 51.3 Å². The second-order valence-electron chi connectivity index (χ2n) is 6.53. The summed E-state index contributed by atoms with van der Waals surface area (Å²) in [4.78, 5) is 22.6. The van der Waals surface area contributed by atoms with Gasteiger partial charge >= 0.3 is 19.2 Å². The number of alkyl halides is 2. The molecule has 9 nitrogen and oxygen atoms in total. The van der Waals surface area contributed by atoms with Crippen molar-refractivity contribution in [2.24, 2.45) is 0 Å². The molecule has 0 aromatic heterocycles. The maximum absolute atomic E-state index is 14.2. The van der Waals surface area contributed by atoms with Gasteiger partial charge in [-0.25, -0.2) is 4.79 Å². The molecule has 12 heteroatoms. The molecule has 0 heterocycles. The highest BCUT2D eigenvalue weighted by Crippen LogP contribution is 2.63. The molecule has 186 valence electrons. The average molecular weight is 494 g/mol. The first-order valence-corrected chi connectivity index (χ1v) is 11.7. The fourth-order valence-corrected chi connectivity index (χ4v) is 4.09. The van der Waals surface area contributed by atoms with E-state index in [2.05, 4.69) is 9.05 Å². The van der Waals surface area contributed by atoms with Crippen molar-refractivity contribution in [3.05, 3.63) is 29.3 Å². The van der Waals surface area contributed by atoms with Crippen LogP contribution in [0.3, 0.4) is 0 Å². The smallest absolute Gasteiger partial charge is 0.399 e. The lowest BCUT2D eigenvalue weighted by atomic mass is 10.1. The van der Waals surface area contributed by atoms with Crippen molar-refractivity contribution in [3.8, 4) is 11.5 Å². The molecule has 1 N–H and O–H groups in total. The predicted molar refractivity (Wildman–Crippen MR) is 116 cm³/mol. The molecular formula is C21H29F2O9P. The standard InChI is InChI=1S/C21H29F2O9P/c1-5-31-33(27,32-6-2)21(22,23)9-10-29-11-12-30-17-8-7-16(19(14-17)28-4)13-18(15(3)24)20(25)26/h7-8,13-14H,5-6,9-12H2,1-4H3,(H,25,26). The van der Waals surface area contributed by atoms with E-state index in [4.69, 9.17) is 19.3 Å². The van der Waals surface area contributed by atoms with E-state index in [1.54, 1.807) is 0 Å². The van der Waals surface area contributed by atoms with Crippen LogP contribution in [0.4, 0.5) is 8.78 Å². The van der Waals surface area contributed by atoms with Crippen molar-refractivity contribution >= 4 is 25.4 Å². The number of Topliss-reactive ketones (excluding diaryl/α,β-unsaturated/α-hetero) is 1. The van der Waals surface area contributed by atoms with Crippen molar-refractivity contribution in [3.63, 3.8) is 0 Å². The van der Waals surface area contributed by atoms with Gasteiger partial charge in [-0.05, 0) is 39.0 Å². The van der Waals surface area contributed by atoms with E-state index in [0.717, 1.165) is 6.92 Å². The first-order valence-electron chi connectivity index (χ1n) is 10.1. The Kier molecular flexibility index (Phi) is 11.7. The molecule has 1 rings (SSSR count). The van der Waals surface area contributed by atoms with Gasteiger partial charge in [-0.2, -0.15) is 8.78 Å². The van der Waals surface area contributed by atoms with Gasteiger partial charge in [0.15, 0.2) is 5.78 Å². The number of benzene rings is 1. The van der Waals surface area contributed by atoms with Crippen LogP contribution in [0.5, 0.6) is 11.5 Å². The van der Waals surface area contributed by atoms with Gasteiger partial charge in [-0.15, -0.1) is 0 Å². The van der Waals surface area contributed by atoms with E-state index in [1.165, 1.54) is 45.2 Å². The third-order valence-corrected chi connectivity index (χ3v) is 6.38. The Labute approximate surface area is 191 Å². The molecule has 0 spiro atoms.